The van der Waals surface area contributed by atoms with Crippen LogP contribution in [0, 0.1) is 0 Å². The normalized spacial score (nSPS) is 38.8. The van der Waals surface area contributed by atoms with Gasteiger partial charge in [0.2, 0.25) is 0 Å². The van der Waals surface area contributed by atoms with E-state index >= 15 is 0 Å². The van der Waals surface area contributed by atoms with Crippen LogP contribution < -0.4 is 5.32 Å². The largest absolute Gasteiger partial charge is 0.391 e. The van der Waals surface area contributed by atoms with Gasteiger partial charge in [-0.2, -0.15) is 0 Å². The van der Waals surface area contributed by atoms with Crippen molar-refractivity contribution in [3.63, 3.8) is 0 Å². The first kappa shape index (κ1) is 8.48. The van der Waals surface area contributed by atoms with E-state index in [1.807, 2.05) is 0 Å². The minimum absolute atomic E-state index is 0.0932. The van der Waals surface area contributed by atoms with Crippen molar-refractivity contribution in [2.75, 3.05) is 26.2 Å². The number of aliphatic hydroxyl groups excluding tert-OH is 1. The fourth-order valence-corrected chi connectivity index (χ4v) is 2.27. The van der Waals surface area contributed by atoms with Gasteiger partial charge in [-0.25, -0.2) is 0 Å². The summed E-state index contributed by atoms with van der Waals surface area (Å²) in [5, 5.41) is 13.1. The first-order valence-corrected chi connectivity index (χ1v) is 5.01. The lowest BCUT2D eigenvalue weighted by atomic mass is 10.0. The molecule has 0 aromatic heterocycles. The average Bonchev–Trinajstić information content (AvgIpc) is 2.57. The Bertz CT molecular complexity index is 145. The monoisotopic (exact) mass is 170 g/mol. The molecule has 0 amide bonds. The molecule has 2 aliphatic heterocycles. The van der Waals surface area contributed by atoms with E-state index in [-0.39, 0.29) is 6.10 Å². The maximum atomic E-state index is 9.75. The van der Waals surface area contributed by atoms with Gasteiger partial charge in [-0.3, -0.25) is 4.90 Å². The van der Waals surface area contributed by atoms with Crippen molar-refractivity contribution in [2.24, 2.45) is 0 Å². The van der Waals surface area contributed by atoms with Gasteiger partial charge < -0.3 is 10.4 Å². The van der Waals surface area contributed by atoms with Crippen LogP contribution in [0.15, 0.2) is 0 Å². The number of nitrogens with one attached hydrogen (secondary N) is 1. The Morgan fingerprint density at radius 2 is 2.00 bits per heavy atom. The van der Waals surface area contributed by atoms with Gasteiger partial charge in [-0.05, 0) is 38.9 Å². The molecular formula is C9H18N2O. The highest BCUT2D eigenvalue weighted by Crippen LogP contribution is 2.17. The molecule has 12 heavy (non-hydrogen) atoms. The van der Waals surface area contributed by atoms with Crippen LogP contribution in [0.5, 0.6) is 0 Å². The molecule has 2 rings (SSSR count). The van der Waals surface area contributed by atoms with E-state index in [2.05, 4.69) is 10.2 Å². The van der Waals surface area contributed by atoms with Crippen LogP contribution in [0.2, 0.25) is 0 Å². The van der Waals surface area contributed by atoms with Crippen LogP contribution in [-0.2, 0) is 0 Å². The zero-order valence-corrected chi connectivity index (χ0v) is 7.50. The molecule has 2 saturated heterocycles. The summed E-state index contributed by atoms with van der Waals surface area (Å²) in [4.78, 5) is 2.43. The molecule has 0 aliphatic carbocycles. The summed E-state index contributed by atoms with van der Waals surface area (Å²) in [6.07, 6.45) is 3.44. The second-order valence-electron chi connectivity index (χ2n) is 3.87. The van der Waals surface area contributed by atoms with Crippen LogP contribution in [0.4, 0.5) is 0 Å². The van der Waals surface area contributed by atoms with Gasteiger partial charge in [0.1, 0.15) is 0 Å². The lowest BCUT2D eigenvalue weighted by Gasteiger charge is -2.35. The molecule has 0 radical (unpaired) electrons. The minimum Gasteiger partial charge on any atom is -0.391 e. The summed E-state index contributed by atoms with van der Waals surface area (Å²) < 4.78 is 0. The van der Waals surface area contributed by atoms with Crippen molar-refractivity contribution < 1.29 is 5.11 Å². The highest BCUT2D eigenvalue weighted by molar-refractivity contribution is 4.87. The first-order valence-electron chi connectivity index (χ1n) is 5.01. The molecule has 2 unspecified atom stereocenters. The van der Waals surface area contributed by atoms with Gasteiger partial charge in [0, 0.05) is 12.6 Å². The molecule has 0 spiro atoms. The Labute approximate surface area is 73.8 Å². The molecule has 2 N–H and O–H groups in total. The van der Waals surface area contributed by atoms with Crippen molar-refractivity contribution in [3.05, 3.63) is 0 Å². The van der Waals surface area contributed by atoms with Gasteiger partial charge in [0.25, 0.3) is 0 Å². The molecule has 0 saturated carbocycles. The summed E-state index contributed by atoms with van der Waals surface area (Å²) in [5.74, 6) is 0. The molecule has 0 bridgehead atoms. The third-order valence-corrected chi connectivity index (χ3v) is 3.02. The summed E-state index contributed by atoms with van der Waals surface area (Å²) in [6, 6.07) is 0.390. The van der Waals surface area contributed by atoms with Gasteiger partial charge in [0.05, 0.1) is 6.10 Å². The Hall–Kier alpha value is -0.120. The number of aliphatic hydroxyl groups is 1. The molecule has 2 fully saturated rings. The Morgan fingerprint density at radius 1 is 1.25 bits per heavy atom. The highest BCUT2D eigenvalue weighted by Gasteiger charge is 2.29. The summed E-state index contributed by atoms with van der Waals surface area (Å²) in [6.45, 7) is 4.32. The zero-order valence-electron chi connectivity index (χ0n) is 7.50. The van der Waals surface area contributed by atoms with Crippen molar-refractivity contribution in [1.29, 1.82) is 0 Å². The molecule has 0 aromatic carbocycles. The van der Waals surface area contributed by atoms with Gasteiger partial charge >= 0.3 is 0 Å². The fraction of sp³-hybridized carbons (Fsp3) is 1.00. The van der Waals surface area contributed by atoms with E-state index in [0.29, 0.717) is 6.04 Å². The van der Waals surface area contributed by atoms with Crippen molar-refractivity contribution >= 4 is 0 Å². The number of rotatable bonds is 1. The second-order valence-corrected chi connectivity index (χ2v) is 3.87. The summed E-state index contributed by atoms with van der Waals surface area (Å²) in [7, 11) is 0. The maximum absolute atomic E-state index is 9.75. The van der Waals surface area contributed by atoms with E-state index in [4.69, 9.17) is 0 Å². The first-order chi connectivity index (χ1) is 5.88. The van der Waals surface area contributed by atoms with E-state index < -0.39 is 0 Å². The van der Waals surface area contributed by atoms with E-state index in [0.717, 1.165) is 19.5 Å². The molecule has 2 heterocycles. The van der Waals surface area contributed by atoms with Crippen LogP contribution in [-0.4, -0.2) is 48.3 Å². The molecule has 0 aromatic rings. The standard InChI is InChI=1S/C9H18N2O/c12-9-3-4-10-7-8(9)11-5-1-2-6-11/h8-10,12H,1-7H2. The molecule has 3 nitrogen and oxygen atoms in total. The van der Waals surface area contributed by atoms with Crippen molar-refractivity contribution in [1.82, 2.24) is 10.2 Å². The predicted octanol–water partition coefficient (Wildman–Crippen LogP) is -0.195. The van der Waals surface area contributed by atoms with Crippen LogP contribution in [0.25, 0.3) is 0 Å². The predicted molar refractivity (Wildman–Crippen MR) is 48.1 cm³/mol. The smallest absolute Gasteiger partial charge is 0.0719 e. The Kier molecular flexibility index (Phi) is 2.63. The molecule has 70 valence electrons. The topological polar surface area (TPSA) is 35.5 Å². The molecule has 2 aliphatic rings. The Balaban J connectivity index is 1.91. The third kappa shape index (κ3) is 1.63. The lowest BCUT2D eigenvalue weighted by molar-refractivity contribution is 0.0398. The van der Waals surface area contributed by atoms with Gasteiger partial charge in [-0.1, -0.05) is 0 Å². The average molecular weight is 170 g/mol. The van der Waals surface area contributed by atoms with E-state index in [9.17, 15) is 5.11 Å². The SMILES string of the molecule is OC1CCNCC1N1CCCC1. The fourth-order valence-electron chi connectivity index (χ4n) is 2.27. The second kappa shape index (κ2) is 3.73. The van der Waals surface area contributed by atoms with Crippen LogP contribution >= 0.6 is 0 Å². The van der Waals surface area contributed by atoms with Gasteiger partial charge in [0.15, 0.2) is 0 Å². The maximum Gasteiger partial charge on any atom is 0.0719 e. The van der Waals surface area contributed by atoms with Crippen molar-refractivity contribution in [2.45, 2.75) is 31.4 Å². The molecule has 2 atom stereocenters. The Morgan fingerprint density at radius 3 is 2.67 bits per heavy atom. The van der Waals surface area contributed by atoms with Crippen molar-refractivity contribution in [3.8, 4) is 0 Å². The number of hydrogen-bond donors (Lipinski definition) is 2. The summed E-state index contributed by atoms with van der Waals surface area (Å²) in [5.41, 5.74) is 0. The highest BCUT2D eigenvalue weighted by atomic mass is 16.3. The van der Waals surface area contributed by atoms with Gasteiger partial charge in [-0.15, -0.1) is 0 Å². The number of piperidine rings is 1. The van der Waals surface area contributed by atoms with Crippen LogP contribution in [0.1, 0.15) is 19.3 Å². The van der Waals surface area contributed by atoms with Crippen LogP contribution in [0.3, 0.4) is 0 Å². The third-order valence-electron chi connectivity index (χ3n) is 3.02. The lowest BCUT2D eigenvalue weighted by Crippen LogP contribution is -2.52. The number of hydrogen-bond acceptors (Lipinski definition) is 3. The minimum atomic E-state index is -0.0932. The molecular weight excluding hydrogens is 152 g/mol. The quantitative estimate of drug-likeness (QED) is 0.572. The number of nitrogens with zero attached hydrogens (tertiary/aromatic N) is 1. The summed E-state index contributed by atoms with van der Waals surface area (Å²) >= 11 is 0. The number of likely N-dealkylation sites (tertiary alicyclic amines) is 1. The molecule has 3 heteroatoms. The zero-order chi connectivity index (χ0) is 8.39. The van der Waals surface area contributed by atoms with E-state index in [1.54, 1.807) is 0 Å². The van der Waals surface area contributed by atoms with E-state index in [1.165, 1.54) is 25.9 Å².